The summed E-state index contributed by atoms with van der Waals surface area (Å²) in [6.07, 6.45) is 4.06. The predicted octanol–water partition coefficient (Wildman–Crippen LogP) is 2.17. The lowest BCUT2D eigenvalue weighted by Gasteiger charge is -2.23. The van der Waals surface area contributed by atoms with E-state index in [0.717, 1.165) is 30.6 Å². The predicted molar refractivity (Wildman–Crippen MR) is 89.6 cm³/mol. The van der Waals surface area contributed by atoms with Crippen LogP contribution in [0, 0.1) is 0 Å². The van der Waals surface area contributed by atoms with Gasteiger partial charge in [0.05, 0.1) is 6.33 Å². The minimum Gasteiger partial charge on any atom is -0.307 e. The minimum absolute atomic E-state index is 0.0247. The highest BCUT2D eigenvalue weighted by Crippen LogP contribution is 2.31. The minimum atomic E-state index is -0.170. The van der Waals surface area contributed by atoms with Gasteiger partial charge in [0.25, 0.3) is 5.56 Å². The van der Waals surface area contributed by atoms with Gasteiger partial charge in [-0.15, -0.1) is 0 Å². The molecule has 1 atom stereocenters. The number of carbonyl (C=O) groups is 1. The smallest absolute Gasteiger partial charge is 0.253 e. The molecule has 0 bridgehead atoms. The van der Waals surface area contributed by atoms with Crippen LogP contribution < -0.4 is 10.5 Å². The van der Waals surface area contributed by atoms with Crippen LogP contribution in [0.15, 0.2) is 41.5 Å². The van der Waals surface area contributed by atoms with Gasteiger partial charge in [-0.2, -0.15) is 0 Å². The lowest BCUT2D eigenvalue weighted by molar-refractivity contribution is -0.119. The molecule has 3 rings (SSSR count). The molecule has 1 aromatic carbocycles. The largest absolute Gasteiger partial charge is 0.307 e. The highest BCUT2D eigenvalue weighted by molar-refractivity contribution is 5.96. The number of hydrogen-bond donors (Lipinski definition) is 0. The van der Waals surface area contributed by atoms with E-state index in [9.17, 15) is 9.59 Å². The highest BCUT2D eigenvalue weighted by Gasteiger charge is 2.30. The number of carbonyl (C=O) groups excluding carboxylic acids is 1. The number of anilines is 1. The summed E-state index contributed by atoms with van der Waals surface area (Å²) in [5, 5.41) is 0. The van der Waals surface area contributed by atoms with Crippen LogP contribution in [-0.4, -0.2) is 21.5 Å². The van der Waals surface area contributed by atoms with E-state index in [1.54, 1.807) is 4.90 Å². The zero-order chi connectivity index (χ0) is 16.4. The molecule has 1 unspecified atom stereocenters. The molecular formula is C18H21N3O2. The maximum Gasteiger partial charge on any atom is 0.253 e. The van der Waals surface area contributed by atoms with Crippen LogP contribution in [0.4, 0.5) is 5.69 Å². The maximum absolute atomic E-state index is 12.7. The molecule has 0 aliphatic carbocycles. The van der Waals surface area contributed by atoms with E-state index in [0.29, 0.717) is 0 Å². The van der Waals surface area contributed by atoms with Crippen molar-refractivity contribution in [3.63, 3.8) is 0 Å². The van der Waals surface area contributed by atoms with Crippen molar-refractivity contribution in [3.8, 4) is 0 Å². The van der Waals surface area contributed by atoms with Gasteiger partial charge < -0.3 is 4.90 Å². The SMILES string of the molecule is CCCc1cc(=O)n(CC(=O)N2c3ccccc3CC2C)cn1. The molecule has 5 nitrogen and oxygen atoms in total. The van der Waals surface area contributed by atoms with Crippen LogP contribution in [0.1, 0.15) is 31.5 Å². The van der Waals surface area contributed by atoms with Gasteiger partial charge in [-0.3, -0.25) is 14.2 Å². The van der Waals surface area contributed by atoms with Crippen molar-refractivity contribution in [1.29, 1.82) is 0 Å². The summed E-state index contributed by atoms with van der Waals surface area (Å²) in [5.41, 5.74) is 2.74. The topological polar surface area (TPSA) is 55.2 Å². The third-order valence-electron chi connectivity index (χ3n) is 4.22. The van der Waals surface area contributed by atoms with Crippen molar-refractivity contribution in [2.75, 3.05) is 4.90 Å². The van der Waals surface area contributed by atoms with E-state index < -0.39 is 0 Å². The molecule has 1 aliphatic rings. The Kier molecular flexibility index (Phi) is 4.28. The van der Waals surface area contributed by atoms with Gasteiger partial charge in [0.15, 0.2) is 0 Å². The summed E-state index contributed by atoms with van der Waals surface area (Å²) in [7, 11) is 0. The van der Waals surface area contributed by atoms with Crippen molar-refractivity contribution in [1.82, 2.24) is 9.55 Å². The van der Waals surface area contributed by atoms with E-state index in [4.69, 9.17) is 0 Å². The van der Waals surface area contributed by atoms with E-state index in [1.165, 1.54) is 22.5 Å². The molecule has 120 valence electrons. The molecule has 1 amide bonds. The van der Waals surface area contributed by atoms with Crippen LogP contribution in [0.25, 0.3) is 0 Å². The second-order valence-electron chi connectivity index (χ2n) is 6.04. The first-order valence-corrected chi connectivity index (χ1v) is 8.05. The molecule has 23 heavy (non-hydrogen) atoms. The first-order valence-electron chi connectivity index (χ1n) is 8.05. The van der Waals surface area contributed by atoms with Crippen LogP contribution >= 0.6 is 0 Å². The van der Waals surface area contributed by atoms with Crippen LogP contribution in [0.5, 0.6) is 0 Å². The lowest BCUT2D eigenvalue weighted by Crippen LogP contribution is -2.40. The van der Waals surface area contributed by atoms with Crippen molar-refractivity contribution < 1.29 is 4.79 Å². The first kappa shape index (κ1) is 15.5. The molecule has 0 saturated heterocycles. The molecular weight excluding hydrogens is 290 g/mol. The molecule has 0 radical (unpaired) electrons. The van der Waals surface area contributed by atoms with Crippen LogP contribution in [0.2, 0.25) is 0 Å². The Balaban J connectivity index is 1.81. The van der Waals surface area contributed by atoms with E-state index >= 15 is 0 Å². The Morgan fingerprint density at radius 3 is 2.87 bits per heavy atom. The highest BCUT2D eigenvalue weighted by atomic mass is 16.2. The van der Waals surface area contributed by atoms with Gasteiger partial charge in [0, 0.05) is 23.5 Å². The summed E-state index contributed by atoms with van der Waals surface area (Å²) in [5.74, 6) is -0.0745. The molecule has 2 aromatic rings. The third kappa shape index (κ3) is 3.04. The Bertz CT molecular complexity index is 782. The standard InChI is InChI=1S/C18H21N3O2/c1-3-6-15-10-17(22)20(12-19-15)11-18(23)21-13(2)9-14-7-4-5-8-16(14)21/h4-5,7-8,10,12-13H,3,6,9,11H2,1-2H3. The Morgan fingerprint density at radius 2 is 2.13 bits per heavy atom. The molecule has 1 aliphatic heterocycles. The molecule has 0 spiro atoms. The average Bonchev–Trinajstić information content (AvgIpc) is 2.86. The number of amides is 1. The number of rotatable bonds is 4. The van der Waals surface area contributed by atoms with E-state index in [2.05, 4.69) is 4.98 Å². The van der Waals surface area contributed by atoms with E-state index in [1.807, 2.05) is 38.1 Å². The molecule has 1 aromatic heterocycles. The molecule has 0 fully saturated rings. The van der Waals surface area contributed by atoms with Gasteiger partial charge in [0.2, 0.25) is 5.91 Å². The van der Waals surface area contributed by atoms with Gasteiger partial charge in [-0.05, 0) is 31.4 Å². The van der Waals surface area contributed by atoms with E-state index in [-0.39, 0.29) is 24.1 Å². The van der Waals surface area contributed by atoms with Gasteiger partial charge in [0.1, 0.15) is 6.54 Å². The summed E-state index contributed by atoms with van der Waals surface area (Å²) in [6, 6.07) is 9.57. The molecule has 2 heterocycles. The monoisotopic (exact) mass is 311 g/mol. The zero-order valence-electron chi connectivity index (χ0n) is 13.5. The quantitative estimate of drug-likeness (QED) is 0.869. The number of benzene rings is 1. The van der Waals surface area contributed by atoms with Crippen molar-refractivity contribution in [2.24, 2.45) is 0 Å². The number of hydrogen-bond acceptors (Lipinski definition) is 3. The first-order chi connectivity index (χ1) is 11.1. The summed E-state index contributed by atoms with van der Waals surface area (Å²) in [4.78, 5) is 30.9. The number of aryl methyl sites for hydroxylation is 1. The summed E-state index contributed by atoms with van der Waals surface area (Å²) < 4.78 is 1.38. The van der Waals surface area contributed by atoms with Crippen molar-refractivity contribution in [2.45, 2.75) is 45.7 Å². The Labute approximate surface area is 135 Å². The van der Waals surface area contributed by atoms with Crippen molar-refractivity contribution >= 4 is 11.6 Å². The molecule has 0 saturated carbocycles. The van der Waals surface area contributed by atoms with Gasteiger partial charge in [-0.1, -0.05) is 31.5 Å². The second-order valence-corrected chi connectivity index (χ2v) is 6.04. The number of nitrogens with zero attached hydrogens (tertiary/aromatic N) is 3. The van der Waals surface area contributed by atoms with Gasteiger partial charge >= 0.3 is 0 Å². The maximum atomic E-state index is 12.7. The average molecular weight is 311 g/mol. The molecule has 5 heteroatoms. The fraction of sp³-hybridized carbons (Fsp3) is 0.389. The number of aromatic nitrogens is 2. The Hall–Kier alpha value is -2.43. The summed E-state index contributed by atoms with van der Waals surface area (Å²) >= 11 is 0. The Morgan fingerprint density at radius 1 is 1.35 bits per heavy atom. The number of para-hydroxylation sites is 1. The lowest BCUT2D eigenvalue weighted by atomic mass is 10.1. The fourth-order valence-corrected chi connectivity index (χ4v) is 3.14. The fourth-order valence-electron chi connectivity index (χ4n) is 3.14. The third-order valence-corrected chi connectivity index (χ3v) is 4.22. The number of fused-ring (bicyclic) bond motifs is 1. The summed E-state index contributed by atoms with van der Waals surface area (Å²) in [6.45, 7) is 4.10. The van der Waals surface area contributed by atoms with Gasteiger partial charge in [-0.25, -0.2) is 4.98 Å². The zero-order valence-corrected chi connectivity index (χ0v) is 13.5. The second kappa shape index (κ2) is 6.36. The van der Waals surface area contributed by atoms with Crippen LogP contribution in [-0.2, 0) is 24.2 Å². The van der Waals surface area contributed by atoms with Crippen molar-refractivity contribution in [3.05, 3.63) is 58.3 Å². The molecule has 0 N–H and O–H groups in total. The normalized spacial score (nSPS) is 16.4. The van der Waals surface area contributed by atoms with Crippen LogP contribution in [0.3, 0.4) is 0 Å².